The van der Waals surface area contributed by atoms with Crippen molar-refractivity contribution in [2.45, 2.75) is 26.3 Å². The minimum Gasteiger partial charge on any atom is -0.322 e. The van der Waals surface area contributed by atoms with E-state index in [1.165, 1.54) is 4.68 Å². The summed E-state index contributed by atoms with van der Waals surface area (Å²) in [7, 11) is 0. The van der Waals surface area contributed by atoms with Crippen LogP contribution >= 0.6 is 0 Å². The Balaban J connectivity index is 1.70. The van der Waals surface area contributed by atoms with Crippen LogP contribution < -0.4 is 10.6 Å². The molecule has 2 amide bonds. The number of fused-ring (bicyclic) bond motifs is 1. The van der Waals surface area contributed by atoms with Gasteiger partial charge in [-0.3, -0.25) is 9.59 Å². The molecule has 4 rings (SSSR count). The normalized spacial score (nSPS) is 15.5. The van der Waals surface area contributed by atoms with E-state index in [-0.39, 0.29) is 6.42 Å². The molecule has 1 atom stereocenters. The van der Waals surface area contributed by atoms with Crippen molar-refractivity contribution in [3.8, 4) is 11.3 Å². The maximum atomic E-state index is 14.0. The Morgan fingerprint density at radius 2 is 1.80 bits per heavy atom. The molecule has 30 heavy (non-hydrogen) atoms. The average Bonchev–Trinajstić information content (AvgIpc) is 3.05. The molecule has 6 nitrogen and oxygen atoms in total. The van der Waals surface area contributed by atoms with E-state index < -0.39 is 41.0 Å². The van der Waals surface area contributed by atoms with Crippen molar-refractivity contribution in [1.82, 2.24) is 9.78 Å². The SMILES string of the molecule is Cc1ccc(-c2nn3c(c2C)NC(=O)CC3C(=O)Nc2ccc(F)c(F)c2F)cc1. The zero-order valence-electron chi connectivity index (χ0n) is 16.1. The minimum absolute atomic E-state index is 0.238. The van der Waals surface area contributed by atoms with Gasteiger partial charge < -0.3 is 10.6 Å². The van der Waals surface area contributed by atoms with Gasteiger partial charge in [0.25, 0.3) is 0 Å². The number of nitrogens with zero attached hydrogens (tertiary/aromatic N) is 2. The summed E-state index contributed by atoms with van der Waals surface area (Å²) in [4.78, 5) is 25.0. The number of anilines is 2. The van der Waals surface area contributed by atoms with Gasteiger partial charge in [-0.25, -0.2) is 17.9 Å². The lowest BCUT2D eigenvalue weighted by Crippen LogP contribution is -2.36. The van der Waals surface area contributed by atoms with E-state index in [9.17, 15) is 22.8 Å². The summed E-state index contributed by atoms with van der Waals surface area (Å²) in [6, 6.07) is 8.14. The molecule has 0 radical (unpaired) electrons. The number of aryl methyl sites for hydroxylation is 1. The van der Waals surface area contributed by atoms with Crippen molar-refractivity contribution < 1.29 is 22.8 Å². The summed E-state index contributed by atoms with van der Waals surface area (Å²) in [5, 5.41) is 9.42. The summed E-state index contributed by atoms with van der Waals surface area (Å²) in [5.74, 6) is -5.39. The molecule has 2 aromatic carbocycles. The third-order valence-electron chi connectivity index (χ3n) is 5.00. The number of hydrogen-bond donors (Lipinski definition) is 2. The van der Waals surface area contributed by atoms with Gasteiger partial charge in [0, 0.05) is 11.1 Å². The molecule has 0 saturated heterocycles. The number of carbonyl (C=O) groups is 2. The number of nitrogens with one attached hydrogen (secondary N) is 2. The molecule has 0 bridgehead atoms. The van der Waals surface area contributed by atoms with E-state index in [4.69, 9.17) is 0 Å². The van der Waals surface area contributed by atoms with Gasteiger partial charge in [-0.15, -0.1) is 0 Å². The molecule has 3 aromatic rings. The van der Waals surface area contributed by atoms with E-state index in [0.29, 0.717) is 23.1 Å². The predicted molar refractivity (Wildman–Crippen MR) is 104 cm³/mol. The summed E-state index contributed by atoms with van der Waals surface area (Å²) in [6.07, 6.45) is -0.238. The molecular formula is C21H17F3N4O2. The Bertz CT molecular complexity index is 1170. The number of benzene rings is 2. The van der Waals surface area contributed by atoms with Gasteiger partial charge >= 0.3 is 0 Å². The fourth-order valence-electron chi connectivity index (χ4n) is 3.37. The van der Waals surface area contributed by atoms with Crippen molar-refractivity contribution in [3.05, 3.63) is 65.0 Å². The van der Waals surface area contributed by atoms with Crippen LogP contribution in [0.5, 0.6) is 0 Å². The second kappa shape index (κ2) is 7.33. The van der Waals surface area contributed by atoms with Gasteiger partial charge in [0.1, 0.15) is 11.9 Å². The second-order valence-corrected chi connectivity index (χ2v) is 7.11. The topological polar surface area (TPSA) is 76.0 Å². The largest absolute Gasteiger partial charge is 0.322 e. The quantitative estimate of drug-likeness (QED) is 0.634. The van der Waals surface area contributed by atoms with Crippen LogP contribution in [-0.4, -0.2) is 21.6 Å². The fraction of sp³-hybridized carbons (Fsp3) is 0.190. The van der Waals surface area contributed by atoms with Crippen LogP contribution in [0, 0.1) is 31.3 Å². The zero-order chi connectivity index (χ0) is 21.6. The summed E-state index contributed by atoms with van der Waals surface area (Å²) >= 11 is 0. The average molecular weight is 414 g/mol. The third-order valence-corrected chi connectivity index (χ3v) is 5.00. The molecule has 0 spiro atoms. The Morgan fingerprint density at radius 1 is 1.10 bits per heavy atom. The Hall–Kier alpha value is -3.62. The molecule has 1 unspecified atom stereocenters. The number of aromatic nitrogens is 2. The lowest BCUT2D eigenvalue weighted by atomic mass is 10.1. The maximum Gasteiger partial charge on any atom is 0.249 e. The predicted octanol–water partition coefficient (Wildman–Crippen LogP) is 4.11. The number of halogens is 3. The lowest BCUT2D eigenvalue weighted by Gasteiger charge is -2.24. The van der Waals surface area contributed by atoms with E-state index in [0.717, 1.165) is 17.2 Å². The van der Waals surface area contributed by atoms with E-state index in [1.807, 2.05) is 31.2 Å². The standard InChI is InChI=1S/C21H17F3N4O2/c1-10-3-5-12(6-4-10)19-11(2)20-26-16(29)9-15(28(20)27-19)21(30)25-14-8-7-13(22)17(23)18(14)24/h3-8,15H,9H2,1-2H3,(H,25,30)(H,26,29). The van der Waals surface area contributed by atoms with Crippen LogP contribution in [0.15, 0.2) is 36.4 Å². The molecule has 9 heteroatoms. The summed E-state index contributed by atoms with van der Waals surface area (Å²) in [6.45, 7) is 3.72. The number of rotatable bonds is 3. The minimum atomic E-state index is -1.69. The van der Waals surface area contributed by atoms with Crippen molar-refractivity contribution in [1.29, 1.82) is 0 Å². The van der Waals surface area contributed by atoms with Crippen LogP contribution in [0.25, 0.3) is 11.3 Å². The molecule has 1 aromatic heterocycles. The number of carbonyl (C=O) groups excluding carboxylic acids is 2. The van der Waals surface area contributed by atoms with Gasteiger partial charge in [-0.2, -0.15) is 5.10 Å². The van der Waals surface area contributed by atoms with Gasteiger partial charge in [0.05, 0.1) is 17.8 Å². The first-order valence-corrected chi connectivity index (χ1v) is 9.16. The lowest BCUT2D eigenvalue weighted by molar-refractivity contribution is -0.125. The summed E-state index contributed by atoms with van der Waals surface area (Å²) < 4.78 is 41.9. The van der Waals surface area contributed by atoms with Crippen LogP contribution in [0.2, 0.25) is 0 Å². The highest BCUT2D eigenvalue weighted by Crippen LogP contribution is 2.34. The first-order chi connectivity index (χ1) is 14.3. The van der Waals surface area contributed by atoms with Crippen molar-refractivity contribution in [2.24, 2.45) is 0 Å². The van der Waals surface area contributed by atoms with Gasteiger partial charge in [0.2, 0.25) is 11.8 Å². The van der Waals surface area contributed by atoms with E-state index >= 15 is 0 Å². The molecule has 0 fully saturated rings. The van der Waals surface area contributed by atoms with Crippen LogP contribution in [0.4, 0.5) is 24.7 Å². The molecule has 0 saturated carbocycles. The molecule has 2 N–H and O–H groups in total. The van der Waals surface area contributed by atoms with Gasteiger partial charge in [-0.05, 0) is 26.0 Å². The Labute approximate surface area is 169 Å². The molecule has 0 aliphatic carbocycles. The highest BCUT2D eigenvalue weighted by molar-refractivity contribution is 6.02. The maximum absolute atomic E-state index is 14.0. The van der Waals surface area contributed by atoms with E-state index in [2.05, 4.69) is 15.7 Å². The molecule has 2 heterocycles. The Kier molecular flexibility index (Phi) is 4.81. The van der Waals surface area contributed by atoms with Crippen molar-refractivity contribution in [3.63, 3.8) is 0 Å². The first-order valence-electron chi connectivity index (χ1n) is 9.16. The summed E-state index contributed by atoms with van der Waals surface area (Å²) in [5.41, 5.74) is 2.61. The highest BCUT2D eigenvalue weighted by atomic mass is 19.2. The fourth-order valence-corrected chi connectivity index (χ4v) is 3.37. The monoisotopic (exact) mass is 414 g/mol. The molecule has 1 aliphatic heterocycles. The molecule has 154 valence electrons. The van der Waals surface area contributed by atoms with Gasteiger partial charge in [-0.1, -0.05) is 29.8 Å². The highest BCUT2D eigenvalue weighted by Gasteiger charge is 2.34. The first kappa shape index (κ1) is 19.7. The van der Waals surface area contributed by atoms with Gasteiger partial charge in [0.15, 0.2) is 17.5 Å². The third kappa shape index (κ3) is 3.32. The van der Waals surface area contributed by atoms with Crippen LogP contribution in [0.1, 0.15) is 23.6 Å². The number of amides is 2. The Morgan fingerprint density at radius 3 is 2.50 bits per heavy atom. The number of hydrogen-bond acceptors (Lipinski definition) is 3. The second-order valence-electron chi connectivity index (χ2n) is 7.11. The molecule has 1 aliphatic rings. The van der Waals surface area contributed by atoms with Crippen LogP contribution in [-0.2, 0) is 9.59 Å². The zero-order valence-corrected chi connectivity index (χ0v) is 16.1. The van der Waals surface area contributed by atoms with Crippen LogP contribution in [0.3, 0.4) is 0 Å². The van der Waals surface area contributed by atoms with Crippen molar-refractivity contribution in [2.75, 3.05) is 10.6 Å². The smallest absolute Gasteiger partial charge is 0.249 e. The van der Waals surface area contributed by atoms with E-state index in [1.54, 1.807) is 6.92 Å². The van der Waals surface area contributed by atoms with Crippen molar-refractivity contribution >= 4 is 23.3 Å². The molecular weight excluding hydrogens is 397 g/mol.